The summed E-state index contributed by atoms with van der Waals surface area (Å²) in [6.07, 6.45) is -2.82. The zero-order valence-corrected chi connectivity index (χ0v) is 12.5. The van der Waals surface area contributed by atoms with Crippen molar-refractivity contribution in [3.8, 4) is 0 Å². The first-order valence-electron chi connectivity index (χ1n) is 5.17. The summed E-state index contributed by atoms with van der Waals surface area (Å²) in [5, 5.41) is 0. The van der Waals surface area contributed by atoms with Crippen molar-refractivity contribution in [3.63, 3.8) is 0 Å². The average molecular weight is 390 g/mol. The van der Waals surface area contributed by atoms with E-state index in [0.717, 1.165) is 0 Å². The number of ether oxygens (including phenoxy) is 1. The zero-order valence-electron chi connectivity index (χ0n) is 9.55. The number of pyridine rings is 1. The van der Waals surface area contributed by atoms with Crippen molar-refractivity contribution in [1.29, 1.82) is 0 Å². The fourth-order valence-corrected chi connectivity index (χ4v) is 2.70. The minimum atomic E-state index is -2.68. The molecule has 0 aromatic carbocycles. The molecule has 0 fully saturated rings. The largest absolute Gasteiger partial charge is 0.466 e. The van der Waals surface area contributed by atoms with Gasteiger partial charge in [-0.05, 0) is 35.6 Å². The van der Waals surface area contributed by atoms with Crippen LogP contribution in [0.1, 0.15) is 30.3 Å². The molecule has 0 amide bonds. The lowest BCUT2D eigenvalue weighted by atomic mass is 10.1. The number of nitrogens with zero attached hydrogens (tertiary/aromatic N) is 1. The lowest BCUT2D eigenvalue weighted by Gasteiger charge is -2.10. The van der Waals surface area contributed by atoms with Crippen LogP contribution in [0.25, 0.3) is 0 Å². The highest BCUT2D eigenvalue weighted by Gasteiger charge is 2.18. The summed E-state index contributed by atoms with van der Waals surface area (Å²) in [5.41, 5.74) is 0.493. The van der Waals surface area contributed by atoms with Gasteiger partial charge in [-0.15, -0.1) is 11.6 Å². The number of carbonyl (C=O) groups excluding carboxylic acids is 1. The molecular weight excluding hydrogens is 378 g/mol. The van der Waals surface area contributed by atoms with Crippen LogP contribution in [0.3, 0.4) is 0 Å². The number of aromatic nitrogens is 1. The Balaban J connectivity index is 3.10. The lowest BCUT2D eigenvalue weighted by Crippen LogP contribution is -2.12. The highest BCUT2D eigenvalue weighted by Crippen LogP contribution is 2.25. The van der Waals surface area contributed by atoms with Gasteiger partial charge in [0, 0.05) is 9.13 Å². The smallest absolute Gasteiger partial charge is 0.311 e. The molecule has 1 heterocycles. The molecular formula is C11H11ClF2INO2. The predicted molar refractivity (Wildman–Crippen MR) is 71.8 cm³/mol. The number of hydrogen-bond acceptors (Lipinski definition) is 3. The molecule has 0 bridgehead atoms. The number of carbonyl (C=O) groups is 1. The van der Waals surface area contributed by atoms with Crippen LogP contribution < -0.4 is 0 Å². The molecule has 0 radical (unpaired) electrons. The van der Waals surface area contributed by atoms with Gasteiger partial charge in [0.15, 0.2) is 0 Å². The summed E-state index contributed by atoms with van der Waals surface area (Å²) in [7, 11) is 0. The first-order valence-corrected chi connectivity index (χ1v) is 6.78. The van der Waals surface area contributed by atoms with Gasteiger partial charge in [0.25, 0.3) is 6.43 Å². The van der Waals surface area contributed by atoms with Gasteiger partial charge in [-0.3, -0.25) is 9.78 Å². The van der Waals surface area contributed by atoms with Crippen molar-refractivity contribution in [2.75, 3.05) is 6.61 Å². The highest BCUT2D eigenvalue weighted by atomic mass is 127. The van der Waals surface area contributed by atoms with E-state index in [0.29, 0.717) is 9.13 Å². The van der Waals surface area contributed by atoms with E-state index in [1.165, 1.54) is 6.07 Å². The monoisotopic (exact) mass is 389 g/mol. The Labute approximate surface area is 122 Å². The Morgan fingerprint density at radius 2 is 2.28 bits per heavy atom. The Morgan fingerprint density at radius 1 is 1.61 bits per heavy atom. The second kappa shape index (κ2) is 7.18. The Hall–Kier alpha value is -0.500. The van der Waals surface area contributed by atoms with Crippen LogP contribution in [0.15, 0.2) is 6.07 Å². The van der Waals surface area contributed by atoms with Crippen LogP contribution >= 0.6 is 34.2 Å². The molecule has 0 N–H and O–H groups in total. The molecule has 100 valence electrons. The van der Waals surface area contributed by atoms with Crippen molar-refractivity contribution in [2.45, 2.75) is 25.7 Å². The second-order valence-corrected chi connectivity index (χ2v) is 4.80. The molecule has 0 spiro atoms. The normalized spacial score (nSPS) is 10.8. The Kier molecular flexibility index (Phi) is 6.20. The van der Waals surface area contributed by atoms with Crippen LogP contribution in [0, 0.1) is 3.57 Å². The molecule has 1 aromatic heterocycles. The Bertz CT molecular complexity index is 443. The lowest BCUT2D eigenvalue weighted by molar-refractivity contribution is -0.142. The molecule has 0 saturated carbocycles. The molecule has 0 aliphatic rings. The summed E-state index contributed by atoms with van der Waals surface area (Å²) in [5.74, 6) is -0.387. The second-order valence-electron chi connectivity index (χ2n) is 3.37. The maximum Gasteiger partial charge on any atom is 0.311 e. The van der Waals surface area contributed by atoms with Crippen LogP contribution in [0.4, 0.5) is 8.78 Å². The quantitative estimate of drug-likeness (QED) is 0.440. The van der Waals surface area contributed by atoms with Crippen LogP contribution in [0.5, 0.6) is 0 Å². The van der Waals surface area contributed by atoms with E-state index >= 15 is 0 Å². The van der Waals surface area contributed by atoms with Crippen molar-refractivity contribution < 1.29 is 18.3 Å². The Morgan fingerprint density at radius 3 is 2.78 bits per heavy atom. The van der Waals surface area contributed by atoms with Gasteiger partial charge in [-0.25, -0.2) is 8.78 Å². The molecule has 0 aliphatic carbocycles. The first-order chi connectivity index (χ1) is 8.49. The van der Waals surface area contributed by atoms with E-state index in [-0.39, 0.29) is 30.3 Å². The molecule has 1 aromatic rings. The first kappa shape index (κ1) is 15.6. The summed E-state index contributed by atoms with van der Waals surface area (Å²) < 4.78 is 30.6. The van der Waals surface area contributed by atoms with Gasteiger partial charge < -0.3 is 4.74 Å². The van der Waals surface area contributed by atoms with Crippen LogP contribution in [-0.2, 0) is 21.8 Å². The third kappa shape index (κ3) is 4.01. The van der Waals surface area contributed by atoms with Crippen LogP contribution in [0.2, 0.25) is 0 Å². The maximum absolute atomic E-state index is 12.6. The zero-order chi connectivity index (χ0) is 13.7. The maximum atomic E-state index is 12.6. The predicted octanol–water partition coefficient (Wildman–Crippen LogP) is 3.47. The standard InChI is InChI=1S/C11H11ClF2INO2/c1-2-18-10(17)4-8-6(5-12)7(15)3-9(16-8)11(13)14/h3,11H,2,4-5H2,1H3. The summed E-state index contributed by atoms with van der Waals surface area (Å²) in [6.45, 7) is 1.91. The number of rotatable bonds is 5. The van der Waals surface area contributed by atoms with Crippen molar-refractivity contribution >= 4 is 40.2 Å². The summed E-state index contributed by atoms with van der Waals surface area (Å²) in [4.78, 5) is 15.2. The summed E-state index contributed by atoms with van der Waals surface area (Å²) >= 11 is 7.65. The van der Waals surface area contributed by atoms with E-state index in [1.807, 2.05) is 22.6 Å². The fourth-order valence-electron chi connectivity index (χ4n) is 1.36. The van der Waals surface area contributed by atoms with E-state index in [4.69, 9.17) is 16.3 Å². The number of hydrogen-bond donors (Lipinski definition) is 0. The number of esters is 1. The molecule has 0 atom stereocenters. The van der Waals surface area contributed by atoms with Crippen molar-refractivity contribution in [1.82, 2.24) is 4.98 Å². The van der Waals surface area contributed by atoms with E-state index < -0.39 is 12.4 Å². The van der Waals surface area contributed by atoms with Crippen molar-refractivity contribution in [3.05, 3.63) is 26.6 Å². The van der Waals surface area contributed by atoms with Gasteiger partial charge in [-0.2, -0.15) is 0 Å². The molecule has 18 heavy (non-hydrogen) atoms. The minimum Gasteiger partial charge on any atom is -0.466 e. The molecule has 0 unspecified atom stereocenters. The fraction of sp³-hybridized carbons (Fsp3) is 0.455. The molecule has 0 aliphatic heterocycles. The molecule has 7 heteroatoms. The third-order valence-corrected chi connectivity index (χ3v) is 3.38. The topological polar surface area (TPSA) is 39.2 Å². The third-order valence-electron chi connectivity index (χ3n) is 2.15. The molecule has 1 rings (SSSR count). The van der Waals surface area contributed by atoms with Gasteiger partial charge in [0.1, 0.15) is 5.69 Å². The van der Waals surface area contributed by atoms with Gasteiger partial charge in [0.05, 0.1) is 24.6 Å². The molecule has 3 nitrogen and oxygen atoms in total. The van der Waals surface area contributed by atoms with Gasteiger partial charge in [0.2, 0.25) is 0 Å². The molecule has 0 saturated heterocycles. The number of halogens is 4. The van der Waals surface area contributed by atoms with E-state index in [9.17, 15) is 13.6 Å². The minimum absolute atomic E-state index is 0.115. The SMILES string of the molecule is CCOC(=O)Cc1nc(C(F)F)cc(I)c1CCl. The van der Waals surface area contributed by atoms with Gasteiger partial charge in [-0.1, -0.05) is 0 Å². The average Bonchev–Trinajstić information content (AvgIpc) is 2.28. The van der Waals surface area contributed by atoms with E-state index in [2.05, 4.69) is 4.98 Å². The van der Waals surface area contributed by atoms with Gasteiger partial charge >= 0.3 is 5.97 Å². The summed E-state index contributed by atoms with van der Waals surface area (Å²) in [6, 6.07) is 1.28. The van der Waals surface area contributed by atoms with E-state index in [1.54, 1.807) is 6.92 Å². The highest BCUT2D eigenvalue weighted by molar-refractivity contribution is 14.1. The number of alkyl halides is 3. The van der Waals surface area contributed by atoms with Crippen molar-refractivity contribution in [2.24, 2.45) is 0 Å². The van der Waals surface area contributed by atoms with Crippen LogP contribution in [-0.4, -0.2) is 17.6 Å².